The zero-order valence-electron chi connectivity index (χ0n) is 5.96. The van der Waals surface area contributed by atoms with Crippen molar-refractivity contribution in [1.82, 2.24) is 0 Å². The van der Waals surface area contributed by atoms with Gasteiger partial charge >= 0.3 is 8.11 Å². The van der Waals surface area contributed by atoms with E-state index in [0.717, 1.165) is 18.8 Å². The van der Waals surface area contributed by atoms with Crippen LogP contribution in [0.3, 0.4) is 0 Å². The average molecular weight is 193 g/mol. The molecule has 0 fully saturated rings. The fourth-order valence-electron chi connectivity index (χ4n) is 0.382. The van der Waals surface area contributed by atoms with Gasteiger partial charge < -0.3 is 13.3 Å². The minimum absolute atomic E-state index is 1.15. The van der Waals surface area contributed by atoms with Crippen molar-refractivity contribution in [3.8, 4) is 0 Å². The van der Waals surface area contributed by atoms with Gasteiger partial charge in [-0.15, -0.1) is 0 Å². The Labute approximate surface area is 71.6 Å². The Morgan fingerprint density at radius 2 is 1.18 bits per heavy atom. The van der Waals surface area contributed by atoms with E-state index < -0.39 is 8.11 Å². The van der Waals surface area contributed by atoms with Gasteiger partial charge in [0, 0.05) is 0 Å². The molecule has 0 spiro atoms. The lowest BCUT2D eigenvalue weighted by Gasteiger charge is -2.17. The van der Waals surface area contributed by atoms with Crippen LogP contribution in [-0.4, -0.2) is 8.11 Å². The van der Waals surface area contributed by atoms with E-state index in [0.29, 0.717) is 0 Å². The summed E-state index contributed by atoms with van der Waals surface area (Å²) < 4.78 is 14.4. The third kappa shape index (κ3) is 3.74. The van der Waals surface area contributed by atoms with Crippen molar-refractivity contribution in [2.75, 3.05) is 0 Å². The number of halogens is 1. The van der Waals surface area contributed by atoms with E-state index in [2.05, 4.69) is 19.7 Å². The van der Waals surface area contributed by atoms with Crippen LogP contribution in [0.15, 0.2) is 38.5 Å². The van der Waals surface area contributed by atoms with Gasteiger partial charge in [-0.2, -0.15) is 0 Å². The highest BCUT2D eigenvalue weighted by molar-refractivity contribution is 7.09. The van der Waals surface area contributed by atoms with Crippen molar-refractivity contribution >= 4 is 19.2 Å². The second-order valence-corrected chi connectivity index (χ2v) is 4.39. The lowest BCUT2D eigenvalue weighted by molar-refractivity contribution is 0.210. The molecule has 0 aromatic rings. The molecule has 62 valence electrons. The molecule has 0 atom stereocenters. The Morgan fingerprint density at radius 1 is 0.909 bits per heavy atom. The summed E-state index contributed by atoms with van der Waals surface area (Å²) in [4.78, 5) is 0. The van der Waals surface area contributed by atoms with Gasteiger partial charge in [-0.1, -0.05) is 19.7 Å². The third-order valence-corrected chi connectivity index (χ3v) is 2.82. The molecule has 11 heavy (non-hydrogen) atoms. The fraction of sp³-hybridized carbons (Fsp3) is 0. The summed E-state index contributed by atoms with van der Waals surface area (Å²) in [5.74, 6) is 0. The largest absolute Gasteiger partial charge is 0.816 e. The van der Waals surface area contributed by atoms with Gasteiger partial charge in [-0.05, 0) is 11.1 Å². The van der Waals surface area contributed by atoms with Crippen molar-refractivity contribution in [2.24, 2.45) is 0 Å². The van der Waals surface area contributed by atoms with Crippen LogP contribution < -0.4 is 0 Å². The monoisotopic (exact) mass is 192 g/mol. The Kier molecular flexibility index (Phi) is 4.48. The molecule has 0 radical (unpaired) electrons. The molecule has 3 nitrogen and oxygen atoms in total. The molecule has 0 saturated carbocycles. The third-order valence-electron chi connectivity index (χ3n) is 0.672. The molecule has 0 amide bonds. The van der Waals surface area contributed by atoms with E-state index in [9.17, 15) is 0 Å². The van der Waals surface area contributed by atoms with Crippen LogP contribution in [0.25, 0.3) is 0 Å². The first kappa shape index (κ1) is 10.1. The molecule has 0 aromatic heterocycles. The lowest BCUT2D eigenvalue weighted by atomic mass is 11.2. The molecule has 0 aliphatic rings. The SMILES string of the molecule is C=CO[Si](Cl)(OC=C)OC=C. The van der Waals surface area contributed by atoms with Gasteiger partial charge in [0.25, 0.3) is 0 Å². The van der Waals surface area contributed by atoms with E-state index in [1.165, 1.54) is 0 Å². The van der Waals surface area contributed by atoms with Gasteiger partial charge in [0.05, 0.1) is 18.8 Å². The van der Waals surface area contributed by atoms with Gasteiger partial charge in [0.1, 0.15) is 0 Å². The maximum absolute atomic E-state index is 5.70. The minimum Gasteiger partial charge on any atom is -0.479 e. The maximum atomic E-state index is 5.70. The summed E-state index contributed by atoms with van der Waals surface area (Å²) >= 11 is 5.70. The van der Waals surface area contributed by atoms with Crippen molar-refractivity contribution in [3.63, 3.8) is 0 Å². The lowest BCUT2D eigenvalue weighted by Crippen LogP contribution is -2.34. The Bertz CT molecular complexity index is 133. The number of hydrogen-bond acceptors (Lipinski definition) is 3. The van der Waals surface area contributed by atoms with Crippen LogP contribution in [0.4, 0.5) is 0 Å². The van der Waals surface area contributed by atoms with Crippen molar-refractivity contribution in [3.05, 3.63) is 38.5 Å². The Morgan fingerprint density at radius 3 is 1.36 bits per heavy atom. The van der Waals surface area contributed by atoms with Gasteiger partial charge in [-0.3, -0.25) is 0 Å². The highest BCUT2D eigenvalue weighted by atomic mass is 35.6. The molecule has 5 heteroatoms. The standard InChI is InChI=1S/C6H9ClO3Si/c1-4-8-11(7,9-5-2)10-6-3/h4-6H,1-3H2. The topological polar surface area (TPSA) is 27.7 Å². The molecule has 0 bridgehead atoms. The fourth-order valence-corrected chi connectivity index (χ4v) is 1.71. The molecule has 0 aliphatic heterocycles. The summed E-state index contributed by atoms with van der Waals surface area (Å²) in [5, 5.41) is 0. The van der Waals surface area contributed by atoms with Gasteiger partial charge in [-0.25, -0.2) is 0 Å². The van der Waals surface area contributed by atoms with Gasteiger partial charge in [0.15, 0.2) is 0 Å². The van der Waals surface area contributed by atoms with Crippen molar-refractivity contribution in [2.45, 2.75) is 0 Å². The van der Waals surface area contributed by atoms with Crippen LogP contribution in [-0.2, 0) is 13.3 Å². The van der Waals surface area contributed by atoms with E-state index in [1.807, 2.05) is 0 Å². The molecule has 0 aliphatic carbocycles. The zero-order valence-corrected chi connectivity index (χ0v) is 7.71. The van der Waals surface area contributed by atoms with Crippen LogP contribution in [0, 0.1) is 0 Å². The molecule has 0 N–H and O–H groups in total. The first-order valence-electron chi connectivity index (χ1n) is 2.73. The van der Waals surface area contributed by atoms with Crippen LogP contribution >= 0.6 is 11.1 Å². The van der Waals surface area contributed by atoms with E-state index in [4.69, 9.17) is 24.4 Å². The normalized spacial score (nSPS) is 9.55. The van der Waals surface area contributed by atoms with Crippen molar-refractivity contribution < 1.29 is 13.3 Å². The molecule has 0 rings (SSSR count). The predicted molar refractivity (Wildman–Crippen MR) is 45.5 cm³/mol. The molecule has 0 saturated heterocycles. The Balaban J connectivity index is 4.09. The van der Waals surface area contributed by atoms with Crippen molar-refractivity contribution in [1.29, 1.82) is 0 Å². The zero-order chi connectivity index (χ0) is 8.74. The second-order valence-electron chi connectivity index (χ2n) is 1.34. The summed E-state index contributed by atoms with van der Waals surface area (Å²) in [5.41, 5.74) is 0. The first-order valence-corrected chi connectivity index (χ1v) is 5.47. The highest BCUT2D eigenvalue weighted by Gasteiger charge is 2.44. The van der Waals surface area contributed by atoms with E-state index >= 15 is 0 Å². The summed E-state index contributed by atoms with van der Waals surface area (Å²) in [6.45, 7) is 9.93. The van der Waals surface area contributed by atoms with Gasteiger partial charge in [0.2, 0.25) is 0 Å². The molecule has 0 unspecified atom stereocenters. The summed E-state index contributed by atoms with van der Waals surface area (Å²) in [6.07, 6.45) is 3.44. The average Bonchev–Trinajstić information content (AvgIpc) is 1.88. The number of hydrogen-bond donors (Lipinski definition) is 0. The maximum Gasteiger partial charge on any atom is 0.816 e. The molecule has 0 aromatic carbocycles. The first-order chi connectivity index (χ1) is 5.18. The Hall–Kier alpha value is -0.873. The van der Waals surface area contributed by atoms with Crippen LogP contribution in [0.2, 0.25) is 0 Å². The second kappa shape index (κ2) is 4.87. The smallest absolute Gasteiger partial charge is 0.479 e. The molecular formula is C6H9ClO3Si. The number of rotatable bonds is 6. The minimum atomic E-state index is -3.13. The van der Waals surface area contributed by atoms with Crippen LogP contribution in [0.1, 0.15) is 0 Å². The predicted octanol–water partition coefficient (Wildman–Crippen LogP) is 2.14. The van der Waals surface area contributed by atoms with E-state index in [-0.39, 0.29) is 0 Å². The quantitative estimate of drug-likeness (QED) is 0.367. The molecule has 0 heterocycles. The summed E-state index contributed by atoms with van der Waals surface area (Å²) in [7, 11) is -3.13. The molecular weight excluding hydrogens is 184 g/mol. The summed E-state index contributed by atoms with van der Waals surface area (Å²) in [6, 6.07) is 0. The van der Waals surface area contributed by atoms with Crippen LogP contribution in [0.5, 0.6) is 0 Å². The highest BCUT2D eigenvalue weighted by Crippen LogP contribution is 2.15. The van der Waals surface area contributed by atoms with E-state index in [1.54, 1.807) is 0 Å².